The fraction of sp³-hybridized carbons (Fsp3) is 0.125. The van der Waals surface area contributed by atoms with E-state index in [1.165, 1.54) is 31.2 Å². The van der Waals surface area contributed by atoms with Gasteiger partial charge in [-0.2, -0.15) is 0 Å². The quantitative estimate of drug-likeness (QED) is 0.850. The van der Waals surface area contributed by atoms with Crippen molar-refractivity contribution in [3.8, 4) is 11.5 Å². The third-order valence-corrected chi connectivity index (χ3v) is 3.09. The molecule has 22 heavy (non-hydrogen) atoms. The van der Waals surface area contributed by atoms with Crippen LogP contribution in [0.15, 0.2) is 48.5 Å². The second-order valence-corrected chi connectivity index (χ2v) is 4.53. The zero-order chi connectivity index (χ0) is 16.1. The van der Waals surface area contributed by atoms with Crippen LogP contribution in [0.5, 0.6) is 11.5 Å². The molecule has 0 heterocycles. The van der Waals surface area contributed by atoms with Crippen LogP contribution in [-0.2, 0) is 9.59 Å². The number of hydrogen-bond acceptors (Lipinski definition) is 4. The molecule has 2 aromatic carbocycles. The Morgan fingerprint density at radius 1 is 1.09 bits per heavy atom. The van der Waals surface area contributed by atoms with Crippen LogP contribution < -0.4 is 15.0 Å². The summed E-state index contributed by atoms with van der Waals surface area (Å²) in [6.07, 6.45) is 0. The van der Waals surface area contributed by atoms with Crippen molar-refractivity contribution in [3.63, 3.8) is 0 Å². The third-order valence-electron chi connectivity index (χ3n) is 3.09. The highest BCUT2D eigenvalue weighted by atomic mass is 16.5. The van der Waals surface area contributed by atoms with Gasteiger partial charge in [-0.15, -0.1) is 0 Å². The summed E-state index contributed by atoms with van der Waals surface area (Å²) in [7, 11) is 2.96. The van der Waals surface area contributed by atoms with E-state index in [4.69, 9.17) is 4.74 Å². The largest absolute Gasteiger partial charge is 0.508 e. The summed E-state index contributed by atoms with van der Waals surface area (Å²) in [5, 5.41) is 11.8. The van der Waals surface area contributed by atoms with E-state index in [1.807, 2.05) is 0 Å². The zero-order valence-electron chi connectivity index (χ0n) is 12.2. The van der Waals surface area contributed by atoms with Crippen LogP contribution in [0.3, 0.4) is 0 Å². The van der Waals surface area contributed by atoms with Gasteiger partial charge in [-0.3, -0.25) is 9.59 Å². The minimum absolute atomic E-state index is 0.0862. The van der Waals surface area contributed by atoms with Gasteiger partial charge in [0, 0.05) is 12.7 Å². The van der Waals surface area contributed by atoms with Gasteiger partial charge in [0.05, 0.1) is 12.8 Å². The molecule has 2 rings (SSSR count). The number of phenolic OH excluding ortho intramolecular Hbond substituents is 1. The van der Waals surface area contributed by atoms with Crippen molar-refractivity contribution in [1.82, 2.24) is 0 Å². The van der Waals surface area contributed by atoms with Crippen LogP contribution in [0.25, 0.3) is 0 Å². The van der Waals surface area contributed by atoms with Crippen LogP contribution in [0.4, 0.5) is 11.4 Å². The average molecular weight is 300 g/mol. The number of aromatic hydroxyl groups is 1. The molecule has 0 saturated heterocycles. The number of rotatable bonds is 3. The number of nitrogens with zero attached hydrogens (tertiary/aromatic N) is 1. The summed E-state index contributed by atoms with van der Waals surface area (Å²) in [4.78, 5) is 25.4. The minimum atomic E-state index is -0.778. The number of carbonyl (C=O) groups is 2. The predicted molar refractivity (Wildman–Crippen MR) is 83.1 cm³/mol. The molecule has 6 nitrogen and oxygen atoms in total. The van der Waals surface area contributed by atoms with E-state index in [0.717, 1.165) is 0 Å². The lowest BCUT2D eigenvalue weighted by atomic mass is 10.2. The van der Waals surface area contributed by atoms with E-state index in [2.05, 4.69) is 5.32 Å². The first-order valence-electron chi connectivity index (χ1n) is 6.54. The molecule has 0 atom stereocenters. The third kappa shape index (κ3) is 3.35. The zero-order valence-corrected chi connectivity index (χ0v) is 12.2. The number of amides is 2. The summed E-state index contributed by atoms with van der Waals surface area (Å²) in [6.45, 7) is 0. The second-order valence-electron chi connectivity index (χ2n) is 4.53. The highest BCUT2D eigenvalue weighted by Gasteiger charge is 2.21. The summed E-state index contributed by atoms with van der Waals surface area (Å²) in [6, 6.07) is 12.8. The van der Waals surface area contributed by atoms with Crippen molar-refractivity contribution in [2.24, 2.45) is 0 Å². The highest BCUT2D eigenvalue weighted by molar-refractivity contribution is 6.44. The van der Waals surface area contributed by atoms with E-state index in [9.17, 15) is 14.7 Å². The maximum absolute atomic E-state index is 12.1. The minimum Gasteiger partial charge on any atom is -0.508 e. The summed E-state index contributed by atoms with van der Waals surface area (Å²) < 4.78 is 5.12. The number of carbonyl (C=O) groups excluding carboxylic acids is 2. The van der Waals surface area contributed by atoms with E-state index in [0.29, 0.717) is 17.1 Å². The first-order chi connectivity index (χ1) is 10.5. The molecule has 0 aliphatic carbocycles. The molecule has 6 heteroatoms. The maximum atomic E-state index is 12.1. The fourth-order valence-corrected chi connectivity index (χ4v) is 1.87. The average Bonchev–Trinajstić information content (AvgIpc) is 2.54. The smallest absolute Gasteiger partial charge is 0.316 e. The van der Waals surface area contributed by atoms with Crippen molar-refractivity contribution in [1.29, 1.82) is 0 Å². The molecule has 0 aromatic heterocycles. The Hall–Kier alpha value is -3.02. The van der Waals surface area contributed by atoms with Gasteiger partial charge in [-0.05, 0) is 36.4 Å². The Kier molecular flexibility index (Phi) is 4.63. The molecular formula is C16H16N2O4. The molecule has 0 bridgehead atoms. The molecular weight excluding hydrogens is 284 g/mol. The van der Waals surface area contributed by atoms with Gasteiger partial charge in [0.2, 0.25) is 0 Å². The molecule has 114 valence electrons. The van der Waals surface area contributed by atoms with Gasteiger partial charge >= 0.3 is 11.8 Å². The SMILES string of the molecule is COc1ccccc1NC(=O)C(=O)N(C)c1ccc(O)cc1. The Morgan fingerprint density at radius 3 is 2.36 bits per heavy atom. The van der Waals surface area contributed by atoms with E-state index < -0.39 is 11.8 Å². The van der Waals surface area contributed by atoms with Crippen molar-refractivity contribution < 1.29 is 19.4 Å². The van der Waals surface area contributed by atoms with Crippen molar-refractivity contribution in [3.05, 3.63) is 48.5 Å². The molecule has 0 saturated carbocycles. The van der Waals surface area contributed by atoms with Gasteiger partial charge in [0.1, 0.15) is 11.5 Å². The lowest BCUT2D eigenvalue weighted by Crippen LogP contribution is -2.37. The number of likely N-dealkylation sites (N-methyl/N-ethyl adjacent to an activating group) is 1. The van der Waals surface area contributed by atoms with Gasteiger partial charge in [-0.1, -0.05) is 12.1 Å². The Bertz CT molecular complexity index is 683. The number of hydrogen-bond donors (Lipinski definition) is 2. The summed E-state index contributed by atoms with van der Waals surface area (Å²) in [5.74, 6) is -0.948. The number of methoxy groups -OCH3 is 1. The van der Waals surface area contributed by atoms with Crippen LogP contribution in [-0.4, -0.2) is 31.1 Å². The number of anilines is 2. The first kappa shape index (κ1) is 15.4. The number of para-hydroxylation sites is 2. The van der Waals surface area contributed by atoms with Crippen molar-refractivity contribution in [2.75, 3.05) is 24.4 Å². The van der Waals surface area contributed by atoms with Crippen LogP contribution in [0.2, 0.25) is 0 Å². The Morgan fingerprint density at radius 2 is 1.73 bits per heavy atom. The second kappa shape index (κ2) is 6.62. The molecule has 0 aliphatic heterocycles. The molecule has 2 aromatic rings. The molecule has 0 spiro atoms. The number of phenols is 1. The van der Waals surface area contributed by atoms with Crippen molar-refractivity contribution in [2.45, 2.75) is 0 Å². The predicted octanol–water partition coefficient (Wildman–Crippen LogP) is 2.00. The Labute approximate surface area is 127 Å². The first-order valence-corrected chi connectivity index (χ1v) is 6.54. The van der Waals surface area contributed by atoms with E-state index >= 15 is 0 Å². The number of ether oxygens (including phenoxy) is 1. The van der Waals surface area contributed by atoms with Crippen LogP contribution in [0, 0.1) is 0 Å². The molecule has 0 aliphatic rings. The van der Waals surface area contributed by atoms with Crippen molar-refractivity contribution >= 4 is 23.2 Å². The maximum Gasteiger partial charge on any atom is 0.316 e. The lowest BCUT2D eigenvalue weighted by molar-refractivity contribution is -0.134. The van der Waals surface area contributed by atoms with Gasteiger partial charge < -0.3 is 20.1 Å². The summed E-state index contributed by atoms with van der Waals surface area (Å²) >= 11 is 0. The molecule has 0 unspecified atom stereocenters. The van der Waals surface area contributed by atoms with Gasteiger partial charge in [0.25, 0.3) is 0 Å². The highest BCUT2D eigenvalue weighted by Crippen LogP contribution is 2.23. The van der Waals surface area contributed by atoms with Crippen LogP contribution >= 0.6 is 0 Å². The normalized spacial score (nSPS) is 9.91. The molecule has 0 fully saturated rings. The van der Waals surface area contributed by atoms with E-state index in [-0.39, 0.29) is 5.75 Å². The number of nitrogens with one attached hydrogen (secondary N) is 1. The summed E-state index contributed by atoms with van der Waals surface area (Å²) in [5.41, 5.74) is 0.917. The molecule has 0 radical (unpaired) electrons. The van der Waals surface area contributed by atoms with E-state index in [1.54, 1.807) is 36.4 Å². The molecule has 2 N–H and O–H groups in total. The number of benzene rings is 2. The van der Waals surface area contributed by atoms with Gasteiger partial charge in [-0.25, -0.2) is 0 Å². The Balaban J connectivity index is 2.12. The molecule has 2 amide bonds. The standard InChI is InChI=1S/C16H16N2O4/c1-18(11-7-9-12(19)10-8-11)16(21)15(20)17-13-5-3-4-6-14(13)22-2/h3-10,19H,1-2H3,(H,17,20). The van der Waals surface area contributed by atoms with Gasteiger partial charge in [0.15, 0.2) is 0 Å². The lowest BCUT2D eigenvalue weighted by Gasteiger charge is -2.17. The fourth-order valence-electron chi connectivity index (χ4n) is 1.87. The monoisotopic (exact) mass is 300 g/mol. The van der Waals surface area contributed by atoms with Crippen LogP contribution in [0.1, 0.15) is 0 Å². The topological polar surface area (TPSA) is 78.9 Å².